The van der Waals surface area contributed by atoms with E-state index in [1.807, 2.05) is 32.0 Å². The number of hydrogen-bond donors (Lipinski definition) is 1. The first-order valence-electron chi connectivity index (χ1n) is 6.22. The zero-order valence-corrected chi connectivity index (χ0v) is 11.4. The van der Waals surface area contributed by atoms with Gasteiger partial charge in [-0.15, -0.1) is 0 Å². The molecule has 0 aliphatic rings. The molecule has 0 atom stereocenters. The minimum atomic E-state index is -0.934. The summed E-state index contributed by atoms with van der Waals surface area (Å²) in [4.78, 5) is 16.0. The minimum absolute atomic E-state index is 0.257. The third-order valence-electron chi connectivity index (χ3n) is 3.27. The second kappa shape index (κ2) is 5.36. The van der Waals surface area contributed by atoms with Gasteiger partial charge in [0.05, 0.1) is 17.7 Å². The molecule has 0 spiro atoms. The van der Waals surface area contributed by atoms with Gasteiger partial charge in [0.25, 0.3) is 0 Å². The Morgan fingerprint density at radius 3 is 2.74 bits per heavy atom. The first kappa shape index (κ1) is 13.5. The fourth-order valence-electron chi connectivity index (χ4n) is 2.26. The van der Waals surface area contributed by atoms with E-state index in [-0.39, 0.29) is 6.61 Å². The van der Waals surface area contributed by atoms with Crippen LogP contribution in [0.5, 0.6) is 0 Å². The number of benzene rings is 1. The number of aromatic nitrogens is 1. The molecule has 1 heterocycles. The predicted octanol–water partition coefficient (Wildman–Crippen LogP) is 2.95. The fourth-order valence-corrected chi connectivity index (χ4v) is 2.26. The molecular formula is C15H17NO3. The maximum atomic E-state index is 11.6. The molecule has 100 valence electrons. The molecule has 1 aromatic carbocycles. The van der Waals surface area contributed by atoms with Crippen LogP contribution in [-0.2, 0) is 17.8 Å². The second-order valence-corrected chi connectivity index (χ2v) is 4.49. The van der Waals surface area contributed by atoms with Crippen molar-refractivity contribution in [3.8, 4) is 0 Å². The van der Waals surface area contributed by atoms with Gasteiger partial charge in [0.1, 0.15) is 0 Å². The van der Waals surface area contributed by atoms with Gasteiger partial charge in [-0.1, -0.05) is 13.0 Å². The van der Waals surface area contributed by atoms with Gasteiger partial charge in [0, 0.05) is 23.8 Å². The van der Waals surface area contributed by atoms with Crippen LogP contribution in [0, 0.1) is 6.92 Å². The van der Waals surface area contributed by atoms with Gasteiger partial charge >= 0.3 is 5.97 Å². The lowest BCUT2D eigenvalue weighted by molar-refractivity contribution is 0.0694. The number of methoxy groups -OCH3 is 1. The van der Waals surface area contributed by atoms with Crippen molar-refractivity contribution < 1.29 is 14.6 Å². The maximum Gasteiger partial charge on any atom is 0.336 e. The van der Waals surface area contributed by atoms with Gasteiger partial charge in [0.15, 0.2) is 0 Å². The highest BCUT2D eigenvalue weighted by Gasteiger charge is 2.18. The first-order chi connectivity index (χ1) is 9.08. The summed E-state index contributed by atoms with van der Waals surface area (Å²) in [6.45, 7) is 4.11. The fraction of sp³-hybridized carbons (Fsp3) is 0.333. The maximum absolute atomic E-state index is 11.6. The SMILES string of the molecule is CCc1ccc2nc(C)c(COC)c(C(=O)O)c2c1. The molecule has 0 saturated heterocycles. The van der Waals surface area contributed by atoms with Crippen LogP contribution in [0.2, 0.25) is 0 Å². The highest BCUT2D eigenvalue weighted by Crippen LogP contribution is 2.25. The van der Waals surface area contributed by atoms with E-state index in [0.29, 0.717) is 27.7 Å². The molecule has 2 rings (SSSR count). The molecule has 0 aliphatic heterocycles. The molecule has 1 N–H and O–H groups in total. The van der Waals surface area contributed by atoms with Crippen LogP contribution in [0.4, 0.5) is 0 Å². The van der Waals surface area contributed by atoms with Crippen molar-refractivity contribution >= 4 is 16.9 Å². The van der Waals surface area contributed by atoms with E-state index in [9.17, 15) is 9.90 Å². The van der Waals surface area contributed by atoms with Gasteiger partial charge in [-0.25, -0.2) is 4.79 Å². The van der Waals surface area contributed by atoms with Crippen LogP contribution in [0.25, 0.3) is 10.9 Å². The number of rotatable bonds is 4. The lowest BCUT2D eigenvalue weighted by Gasteiger charge is -2.12. The van der Waals surface area contributed by atoms with E-state index in [1.165, 1.54) is 0 Å². The molecule has 0 amide bonds. The topological polar surface area (TPSA) is 59.4 Å². The number of ether oxygens (including phenoxy) is 1. The predicted molar refractivity (Wildman–Crippen MR) is 73.5 cm³/mol. The molecule has 0 saturated carbocycles. The van der Waals surface area contributed by atoms with E-state index in [1.54, 1.807) is 7.11 Å². The zero-order valence-electron chi connectivity index (χ0n) is 11.4. The van der Waals surface area contributed by atoms with Crippen molar-refractivity contribution in [2.75, 3.05) is 7.11 Å². The minimum Gasteiger partial charge on any atom is -0.478 e. The Bertz CT molecular complexity index is 635. The second-order valence-electron chi connectivity index (χ2n) is 4.49. The number of pyridine rings is 1. The molecule has 19 heavy (non-hydrogen) atoms. The summed E-state index contributed by atoms with van der Waals surface area (Å²) >= 11 is 0. The number of hydrogen-bond acceptors (Lipinski definition) is 3. The Kier molecular flexibility index (Phi) is 3.81. The van der Waals surface area contributed by atoms with Gasteiger partial charge in [-0.05, 0) is 31.0 Å². The lowest BCUT2D eigenvalue weighted by atomic mass is 9.99. The average molecular weight is 259 g/mol. The molecule has 0 bridgehead atoms. The molecule has 0 fully saturated rings. The van der Waals surface area contributed by atoms with E-state index >= 15 is 0 Å². The van der Waals surface area contributed by atoms with Crippen LogP contribution in [0.3, 0.4) is 0 Å². The van der Waals surface area contributed by atoms with Gasteiger partial charge in [-0.2, -0.15) is 0 Å². The summed E-state index contributed by atoms with van der Waals surface area (Å²) in [5.74, 6) is -0.934. The molecule has 0 aliphatic carbocycles. The Labute approximate surface area is 112 Å². The standard InChI is InChI=1S/C15H17NO3/c1-4-10-5-6-13-11(7-10)14(15(17)18)12(8-19-3)9(2)16-13/h5-7H,4,8H2,1-3H3,(H,17,18). The summed E-state index contributed by atoms with van der Waals surface area (Å²) in [6.07, 6.45) is 0.864. The Morgan fingerprint density at radius 1 is 1.42 bits per heavy atom. The van der Waals surface area contributed by atoms with E-state index in [0.717, 1.165) is 12.0 Å². The van der Waals surface area contributed by atoms with Crippen molar-refractivity contribution in [2.45, 2.75) is 26.9 Å². The number of carboxylic acid groups (broad SMARTS) is 1. The van der Waals surface area contributed by atoms with Gasteiger partial charge in [-0.3, -0.25) is 4.98 Å². The summed E-state index contributed by atoms with van der Waals surface area (Å²) in [7, 11) is 1.55. The average Bonchev–Trinajstić information content (AvgIpc) is 2.38. The normalized spacial score (nSPS) is 10.9. The monoisotopic (exact) mass is 259 g/mol. The molecule has 0 unspecified atom stereocenters. The lowest BCUT2D eigenvalue weighted by Crippen LogP contribution is -2.09. The van der Waals surface area contributed by atoms with Crippen LogP contribution in [-0.4, -0.2) is 23.2 Å². The highest BCUT2D eigenvalue weighted by molar-refractivity contribution is 6.04. The first-order valence-corrected chi connectivity index (χ1v) is 6.22. The Hall–Kier alpha value is -1.94. The van der Waals surface area contributed by atoms with Crippen LogP contribution in [0.15, 0.2) is 18.2 Å². The molecule has 2 aromatic rings. The summed E-state index contributed by atoms with van der Waals surface area (Å²) < 4.78 is 5.10. The van der Waals surface area contributed by atoms with Crippen molar-refractivity contribution in [1.29, 1.82) is 0 Å². The van der Waals surface area contributed by atoms with Crippen molar-refractivity contribution in [2.24, 2.45) is 0 Å². The molecule has 1 aromatic heterocycles. The summed E-state index contributed by atoms with van der Waals surface area (Å²) in [6, 6.07) is 5.77. The zero-order chi connectivity index (χ0) is 14.0. The van der Waals surface area contributed by atoms with E-state index in [4.69, 9.17) is 4.74 Å². The number of fused-ring (bicyclic) bond motifs is 1. The highest BCUT2D eigenvalue weighted by atomic mass is 16.5. The van der Waals surface area contributed by atoms with Crippen molar-refractivity contribution in [3.63, 3.8) is 0 Å². The van der Waals surface area contributed by atoms with Crippen molar-refractivity contribution in [1.82, 2.24) is 4.98 Å². The molecular weight excluding hydrogens is 242 g/mol. The van der Waals surface area contributed by atoms with E-state index < -0.39 is 5.97 Å². The van der Waals surface area contributed by atoms with Gasteiger partial charge in [0.2, 0.25) is 0 Å². The number of carbonyl (C=O) groups is 1. The van der Waals surface area contributed by atoms with Crippen LogP contribution >= 0.6 is 0 Å². The van der Waals surface area contributed by atoms with E-state index in [2.05, 4.69) is 4.98 Å². The van der Waals surface area contributed by atoms with Crippen molar-refractivity contribution in [3.05, 3.63) is 40.6 Å². The Morgan fingerprint density at radius 2 is 2.16 bits per heavy atom. The third kappa shape index (κ3) is 2.44. The third-order valence-corrected chi connectivity index (χ3v) is 3.27. The Balaban J connectivity index is 2.83. The molecule has 4 heteroatoms. The number of aryl methyl sites for hydroxylation is 2. The number of carboxylic acids is 1. The largest absolute Gasteiger partial charge is 0.478 e. The summed E-state index contributed by atoms with van der Waals surface area (Å²) in [5, 5.41) is 10.2. The van der Waals surface area contributed by atoms with Crippen LogP contribution < -0.4 is 0 Å². The number of nitrogens with zero attached hydrogens (tertiary/aromatic N) is 1. The smallest absolute Gasteiger partial charge is 0.336 e. The quantitative estimate of drug-likeness (QED) is 0.917. The molecule has 0 radical (unpaired) electrons. The summed E-state index contributed by atoms with van der Waals surface area (Å²) in [5.41, 5.74) is 3.47. The number of aromatic carboxylic acids is 1. The van der Waals surface area contributed by atoms with Crippen LogP contribution in [0.1, 0.15) is 34.1 Å². The van der Waals surface area contributed by atoms with Gasteiger partial charge < -0.3 is 9.84 Å². The molecule has 4 nitrogen and oxygen atoms in total.